The number of nitrogens with zero attached hydrogens (tertiary/aromatic N) is 5. The summed E-state index contributed by atoms with van der Waals surface area (Å²) in [6.07, 6.45) is 5.23. The van der Waals surface area contributed by atoms with E-state index in [-0.39, 0.29) is 5.91 Å². The van der Waals surface area contributed by atoms with E-state index < -0.39 is 0 Å². The number of carbonyl (C=O) groups excluding carboxylic acids is 1. The number of amides is 1. The molecule has 1 aromatic rings. The fourth-order valence-corrected chi connectivity index (χ4v) is 2.77. The first-order chi connectivity index (χ1) is 10.6. The van der Waals surface area contributed by atoms with Crippen molar-refractivity contribution in [3.8, 4) is 6.07 Å². The second-order valence-corrected chi connectivity index (χ2v) is 5.61. The standard InChI is InChI=1S/C15H22N6O/c1-17-14(22)11-21-7-3-12(4-8-21)10-20(2)15-13(9-16)18-5-6-19-15/h5-6,12H,3-4,7-8,10-11H2,1-2H3,(H,17,22). The van der Waals surface area contributed by atoms with E-state index in [1.807, 2.05) is 11.9 Å². The normalized spacial score (nSPS) is 16.0. The van der Waals surface area contributed by atoms with Gasteiger partial charge in [0.05, 0.1) is 6.54 Å². The Morgan fingerprint density at radius 2 is 2.14 bits per heavy atom. The smallest absolute Gasteiger partial charge is 0.233 e. The molecule has 1 N–H and O–H groups in total. The fraction of sp³-hybridized carbons (Fsp3) is 0.600. The SMILES string of the molecule is CNC(=O)CN1CCC(CN(C)c2nccnc2C#N)CC1. The summed E-state index contributed by atoms with van der Waals surface area (Å²) >= 11 is 0. The van der Waals surface area contributed by atoms with Crippen LogP contribution in [0.2, 0.25) is 0 Å². The van der Waals surface area contributed by atoms with Crippen LogP contribution >= 0.6 is 0 Å². The Balaban J connectivity index is 1.85. The summed E-state index contributed by atoms with van der Waals surface area (Å²) in [4.78, 5) is 23.9. The first-order valence-electron chi connectivity index (χ1n) is 7.49. The van der Waals surface area contributed by atoms with Gasteiger partial charge in [-0.1, -0.05) is 0 Å². The summed E-state index contributed by atoms with van der Waals surface area (Å²) in [5, 5.41) is 11.7. The highest BCUT2D eigenvalue weighted by atomic mass is 16.1. The van der Waals surface area contributed by atoms with Crippen molar-refractivity contribution in [2.45, 2.75) is 12.8 Å². The Kier molecular flexibility index (Phi) is 5.67. The van der Waals surface area contributed by atoms with Gasteiger partial charge in [-0.2, -0.15) is 5.26 Å². The Hall–Kier alpha value is -2.20. The number of nitriles is 1. The predicted molar refractivity (Wildman–Crippen MR) is 83.2 cm³/mol. The van der Waals surface area contributed by atoms with E-state index in [1.54, 1.807) is 13.2 Å². The van der Waals surface area contributed by atoms with Gasteiger partial charge in [-0.3, -0.25) is 9.69 Å². The molecule has 0 radical (unpaired) electrons. The van der Waals surface area contributed by atoms with E-state index in [9.17, 15) is 4.79 Å². The van der Waals surface area contributed by atoms with Crippen molar-refractivity contribution < 1.29 is 4.79 Å². The molecule has 1 aliphatic rings. The third-order valence-electron chi connectivity index (χ3n) is 4.03. The van der Waals surface area contributed by atoms with Crippen LogP contribution in [0, 0.1) is 17.2 Å². The molecule has 118 valence electrons. The van der Waals surface area contributed by atoms with E-state index in [1.165, 1.54) is 6.20 Å². The molecule has 0 aliphatic carbocycles. The molecule has 0 bridgehead atoms. The van der Waals surface area contributed by atoms with Crippen LogP contribution < -0.4 is 10.2 Å². The molecule has 1 saturated heterocycles. The number of likely N-dealkylation sites (tertiary alicyclic amines) is 1. The molecule has 1 aliphatic heterocycles. The third-order valence-corrected chi connectivity index (χ3v) is 4.03. The Labute approximate surface area is 131 Å². The van der Waals surface area contributed by atoms with Crippen LogP contribution in [0.5, 0.6) is 0 Å². The van der Waals surface area contributed by atoms with Gasteiger partial charge in [-0.15, -0.1) is 0 Å². The minimum absolute atomic E-state index is 0.0637. The maximum absolute atomic E-state index is 11.4. The van der Waals surface area contributed by atoms with Gasteiger partial charge in [0.1, 0.15) is 6.07 Å². The zero-order chi connectivity index (χ0) is 15.9. The molecular weight excluding hydrogens is 280 g/mol. The molecule has 7 nitrogen and oxygen atoms in total. The van der Waals surface area contributed by atoms with Crippen LogP contribution in [0.1, 0.15) is 18.5 Å². The van der Waals surface area contributed by atoms with E-state index in [0.29, 0.717) is 24.0 Å². The van der Waals surface area contributed by atoms with Crippen molar-refractivity contribution in [3.63, 3.8) is 0 Å². The lowest BCUT2D eigenvalue weighted by atomic mass is 9.96. The fourth-order valence-electron chi connectivity index (χ4n) is 2.77. The average Bonchev–Trinajstić information content (AvgIpc) is 2.56. The summed E-state index contributed by atoms with van der Waals surface area (Å²) in [6, 6.07) is 2.08. The number of aromatic nitrogens is 2. The number of likely N-dealkylation sites (N-methyl/N-ethyl adjacent to an activating group) is 1. The Bertz CT molecular complexity index is 547. The van der Waals surface area contributed by atoms with Gasteiger partial charge >= 0.3 is 0 Å². The topological polar surface area (TPSA) is 85.2 Å². The largest absolute Gasteiger partial charge is 0.358 e. The van der Waals surface area contributed by atoms with Gasteiger partial charge in [-0.05, 0) is 31.8 Å². The van der Waals surface area contributed by atoms with Crippen molar-refractivity contribution in [2.75, 3.05) is 45.2 Å². The second kappa shape index (κ2) is 7.71. The highest BCUT2D eigenvalue weighted by molar-refractivity contribution is 5.77. The predicted octanol–water partition coefficient (Wildman–Crippen LogP) is 0.242. The molecule has 1 aromatic heterocycles. The zero-order valence-electron chi connectivity index (χ0n) is 13.1. The highest BCUT2D eigenvalue weighted by Crippen LogP contribution is 2.21. The molecule has 0 saturated carbocycles. The quantitative estimate of drug-likeness (QED) is 0.839. The van der Waals surface area contributed by atoms with Gasteiger partial charge in [0, 0.05) is 33.0 Å². The lowest BCUT2D eigenvalue weighted by Crippen LogP contribution is -2.42. The molecule has 0 spiro atoms. The molecule has 1 fully saturated rings. The van der Waals surface area contributed by atoms with Crippen LogP contribution in [0.15, 0.2) is 12.4 Å². The first kappa shape index (κ1) is 16.2. The minimum atomic E-state index is 0.0637. The van der Waals surface area contributed by atoms with E-state index in [2.05, 4.69) is 26.3 Å². The second-order valence-electron chi connectivity index (χ2n) is 5.61. The number of anilines is 1. The van der Waals surface area contributed by atoms with Crippen LogP contribution in [0.4, 0.5) is 5.82 Å². The molecule has 22 heavy (non-hydrogen) atoms. The van der Waals surface area contributed by atoms with Gasteiger partial charge in [-0.25, -0.2) is 9.97 Å². The summed E-state index contributed by atoms with van der Waals surface area (Å²) in [6.45, 7) is 3.18. The van der Waals surface area contributed by atoms with Gasteiger partial charge in [0.15, 0.2) is 11.5 Å². The number of rotatable bonds is 5. The maximum atomic E-state index is 11.4. The summed E-state index contributed by atoms with van der Waals surface area (Å²) in [7, 11) is 3.61. The van der Waals surface area contributed by atoms with Crippen molar-refractivity contribution in [3.05, 3.63) is 18.1 Å². The molecule has 2 rings (SSSR count). The number of nitrogens with one attached hydrogen (secondary N) is 1. The number of hydrogen-bond acceptors (Lipinski definition) is 6. The van der Waals surface area contributed by atoms with Gasteiger partial charge < -0.3 is 10.2 Å². The molecule has 7 heteroatoms. The van der Waals surface area contributed by atoms with E-state index in [0.717, 1.165) is 32.5 Å². The van der Waals surface area contributed by atoms with E-state index in [4.69, 9.17) is 5.26 Å². The van der Waals surface area contributed by atoms with Crippen molar-refractivity contribution in [1.82, 2.24) is 20.2 Å². The zero-order valence-corrected chi connectivity index (χ0v) is 13.1. The monoisotopic (exact) mass is 302 g/mol. The average molecular weight is 302 g/mol. The van der Waals surface area contributed by atoms with Crippen molar-refractivity contribution >= 4 is 11.7 Å². The molecule has 0 unspecified atom stereocenters. The third kappa shape index (κ3) is 4.15. The minimum Gasteiger partial charge on any atom is -0.358 e. The lowest BCUT2D eigenvalue weighted by Gasteiger charge is -2.33. The number of hydrogen-bond donors (Lipinski definition) is 1. The highest BCUT2D eigenvalue weighted by Gasteiger charge is 2.22. The van der Waals surface area contributed by atoms with Gasteiger partial charge in [0.25, 0.3) is 0 Å². The molecule has 0 aromatic carbocycles. The maximum Gasteiger partial charge on any atom is 0.233 e. The summed E-state index contributed by atoms with van der Waals surface area (Å²) < 4.78 is 0. The number of piperidine rings is 1. The first-order valence-corrected chi connectivity index (χ1v) is 7.49. The summed E-state index contributed by atoms with van der Waals surface area (Å²) in [5.74, 6) is 1.24. The van der Waals surface area contributed by atoms with Crippen LogP contribution in [0.25, 0.3) is 0 Å². The Morgan fingerprint density at radius 3 is 2.77 bits per heavy atom. The molecule has 1 amide bonds. The van der Waals surface area contributed by atoms with Crippen molar-refractivity contribution in [2.24, 2.45) is 5.92 Å². The summed E-state index contributed by atoms with van der Waals surface area (Å²) in [5.41, 5.74) is 0.363. The van der Waals surface area contributed by atoms with Crippen LogP contribution in [-0.4, -0.2) is 61.0 Å². The Morgan fingerprint density at radius 1 is 1.45 bits per heavy atom. The molecule has 0 atom stereocenters. The van der Waals surface area contributed by atoms with E-state index >= 15 is 0 Å². The van der Waals surface area contributed by atoms with Gasteiger partial charge in [0.2, 0.25) is 5.91 Å². The van der Waals surface area contributed by atoms with Crippen LogP contribution in [-0.2, 0) is 4.79 Å². The molecular formula is C15H22N6O. The molecule has 2 heterocycles. The van der Waals surface area contributed by atoms with Crippen LogP contribution in [0.3, 0.4) is 0 Å². The van der Waals surface area contributed by atoms with Crippen molar-refractivity contribution in [1.29, 1.82) is 5.26 Å². The lowest BCUT2D eigenvalue weighted by molar-refractivity contribution is -0.122. The number of carbonyl (C=O) groups is 1.